The number of aromatic nitrogens is 1. The largest absolute Gasteiger partial charge is 0.497 e. The molecule has 8 nitrogen and oxygen atoms in total. The first-order valence-electron chi connectivity index (χ1n) is 10.8. The summed E-state index contributed by atoms with van der Waals surface area (Å²) in [7, 11) is 0.645. The number of methoxy groups -OCH3 is 3. The minimum Gasteiger partial charge on any atom is -0.497 e. The Bertz CT molecular complexity index is 1440. The molecule has 0 aliphatic heterocycles. The molecule has 1 N–H and O–H groups in total. The van der Waals surface area contributed by atoms with Crippen LogP contribution >= 0.6 is 0 Å². The maximum Gasteiger partial charge on any atom is 0.210 e. The second-order valence-electron chi connectivity index (χ2n) is 7.48. The topological polar surface area (TPSA) is 96.0 Å². The van der Waals surface area contributed by atoms with E-state index in [2.05, 4.69) is 10.3 Å². The molecule has 35 heavy (non-hydrogen) atoms. The number of rotatable bonds is 9. The van der Waals surface area contributed by atoms with Gasteiger partial charge in [0.15, 0.2) is 11.5 Å². The van der Waals surface area contributed by atoms with Crippen LogP contribution in [0.1, 0.15) is 6.92 Å². The summed E-state index contributed by atoms with van der Waals surface area (Å²) >= 11 is 0. The van der Waals surface area contributed by atoms with Crippen molar-refractivity contribution in [3.63, 3.8) is 0 Å². The maximum absolute atomic E-state index is 13.7. The number of pyridine rings is 1. The molecule has 0 bridgehead atoms. The first-order valence-corrected chi connectivity index (χ1v) is 12.3. The molecule has 0 fully saturated rings. The lowest BCUT2D eigenvalue weighted by atomic mass is 10.1. The number of hydrogen-bond donors (Lipinski definition) is 1. The first kappa shape index (κ1) is 24.2. The zero-order valence-electron chi connectivity index (χ0n) is 19.9. The zero-order valence-corrected chi connectivity index (χ0v) is 20.7. The zero-order chi connectivity index (χ0) is 25.0. The summed E-state index contributed by atoms with van der Waals surface area (Å²) in [6, 6.07) is 16.9. The average Bonchev–Trinajstić information content (AvgIpc) is 2.89. The molecule has 4 aromatic rings. The Kier molecular flexibility index (Phi) is 6.97. The second-order valence-corrected chi connectivity index (χ2v) is 9.40. The van der Waals surface area contributed by atoms with Crippen molar-refractivity contribution in [2.45, 2.75) is 16.7 Å². The van der Waals surface area contributed by atoms with Crippen molar-refractivity contribution in [2.24, 2.45) is 0 Å². The van der Waals surface area contributed by atoms with E-state index in [1.54, 1.807) is 24.3 Å². The van der Waals surface area contributed by atoms with Crippen LogP contribution in [0.3, 0.4) is 0 Å². The summed E-state index contributed by atoms with van der Waals surface area (Å²) in [5, 5.41) is 3.84. The lowest BCUT2D eigenvalue weighted by Crippen LogP contribution is -2.08. The normalized spacial score (nSPS) is 11.2. The number of nitrogens with zero attached hydrogens (tertiary/aromatic N) is 1. The molecule has 0 aliphatic rings. The number of sulfone groups is 1. The van der Waals surface area contributed by atoms with Gasteiger partial charge in [0.05, 0.1) is 44.0 Å². The molecule has 0 aliphatic carbocycles. The highest BCUT2D eigenvalue weighted by Gasteiger charge is 2.25. The van der Waals surface area contributed by atoms with E-state index in [0.29, 0.717) is 46.1 Å². The average molecular weight is 495 g/mol. The Morgan fingerprint density at radius 2 is 1.46 bits per heavy atom. The predicted molar refractivity (Wildman–Crippen MR) is 134 cm³/mol. The van der Waals surface area contributed by atoms with E-state index in [1.807, 2.05) is 31.2 Å². The van der Waals surface area contributed by atoms with Gasteiger partial charge in [0.2, 0.25) is 9.84 Å². The highest BCUT2D eigenvalue weighted by Crippen LogP contribution is 2.40. The lowest BCUT2D eigenvalue weighted by Gasteiger charge is -2.17. The predicted octanol–water partition coefficient (Wildman–Crippen LogP) is 5.24. The Labute approximate surface area is 204 Å². The van der Waals surface area contributed by atoms with E-state index in [9.17, 15) is 8.42 Å². The van der Waals surface area contributed by atoms with E-state index < -0.39 is 9.84 Å². The SMILES string of the molecule is CCOc1ccc(Nc2c(S(=O)(=O)c3ccc(OC)cc3)cnc3cc(OC)c(OC)cc23)cc1. The molecule has 0 radical (unpaired) electrons. The van der Waals surface area contributed by atoms with Gasteiger partial charge in [-0.15, -0.1) is 0 Å². The molecule has 1 aromatic heterocycles. The third-order valence-corrected chi connectivity index (χ3v) is 7.21. The number of fused-ring (bicyclic) bond motifs is 1. The molecule has 1 heterocycles. The molecule has 0 unspecified atom stereocenters. The van der Waals surface area contributed by atoms with Gasteiger partial charge in [-0.3, -0.25) is 4.98 Å². The summed E-state index contributed by atoms with van der Waals surface area (Å²) in [6.45, 7) is 2.46. The van der Waals surface area contributed by atoms with Crippen LogP contribution in [-0.4, -0.2) is 41.3 Å². The summed E-state index contributed by atoms with van der Waals surface area (Å²) in [6.07, 6.45) is 1.35. The molecule has 0 saturated heterocycles. The van der Waals surface area contributed by atoms with Gasteiger partial charge in [-0.2, -0.15) is 0 Å². The van der Waals surface area contributed by atoms with Crippen molar-refractivity contribution in [1.29, 1.82) is 0 Å². The van der Waals surface area contributed by atoms with Crippen LogP contribution in [0, 0.1) is 0 Å². The monoisotopic (exact) mass is 494 g/mol. The molecule has 182 valence electrons. The van der Waals surface area contributed by atoms with Crippen molar-refractivity contribution in [3.8, 4) is 23.0 Å². The van der Waals surface area contributed by atoms with Crippen molar-refractivity contribution >= 4 is 32.1 Å². The van der Waals surface area contributed by atoms with Crippen LogP contribution in [-0.2, 0) is 9.84 Å². The summed E-state index contributed by atoms with van der Waals surface area (Å²) in [5.74, 6) is 2.22. The van der Waals surface area contributed by atoms with Crippen molar-refractivity contribution in [1.82, 2.24) is 4.98 Å². The van der Waals surface area contributed by atoms with Crippen molar-refractivity contribution in [2.75, 3.05) is 33.3 Å². The van der Waals surface area contributed by atoms with Crippen LogP contribution in [0.15, 0.2) is 76.7 Å². The fraction of sp³-hybridized carbons (Fsp3) is 0.192. The van der Waals surface area contributed by atoms with Crippen LogP contribution in [0.25, 0.3) is 10.9 Å². The van der Waals surface area contributed by atoms with Gasteiger partial charge in [-0.25, -0.2) is 8.42 Å². The molecule has 0 spiro atoms. The van der Waals surface area contributed by atoms with E-state index in [1.165, 1.54) is 39.7 Å². The Balaban J connectivity index is 1.91. The van der Waals surface area contributed by atoms with Crippen LogP contribution in [0.2, 0.25) is 0 Å². The van der Waals surface area contributed by atoms with E-state index in [0.717, 1.165) is 5.75 Å². The molecule has 4 rings (SSSR count). The van der Waals surface area contributed by atoms with E-state index in [-0.39, 0.29) is 9.79 Å². The molecule has 3 aromatic carbocycles. The van der Waals surface area contributed by atoms with Gasteiger partial charge in [-0.1, -0.05) is 0 Å². The Morgan fingerprint density at radius 1 is 0.829 bits per heavy atom. The molecule has 0 atom stereocenters. The molecule has 0 amide bonds. The highest BCUT2D eigenvalue weighted by atomic mass is 32.2. The van der Waals surface area contributed by atoms with Crippen molar-refractivity contribution in [3.05, 3.63) is 66.9 Å². The lowest BCUT2D eigenvalue weighted by molar-refractivity contribution is 0.340. The Hall–Kier alpha value is -3.98. The third kappa shape index (κ3) is 4.81. The number of nitrogens with one attached hydrogen (secondary N) is 1. The standard InChI is InChI=1S/C26H26N2O6S/c1-5-34-19-8-6-17(7-9-19)28-26-21-14-23(32-3)24(33-4)15-22(21)27-16-25(26)35(29,30)20-12-10-18(31-2)11-13-20/h6-16H,5H2,1-4H3,(H,27,28). The fourth-order valence-electron chi connectivity index (χ4n) is 3.66. The number of hydrogen-bond acceptors (Lipinski definition) is 8. The van der Waals surface area contributed by atoms with Crippen LogP contribution in [0.5, 0.6) is 23.0 Å². The smallest absolute Gasteiger partial charge is 0.210 e. The van der Waals surface area contributed by atoms with Gasteiger partial charge < -0.3 is 24.3 Å². The minimum absolute atomic E-state index is 0.0243. The Morgan fingerprint density at radius 3 is 2.06 bits per heavy atom. The highest BCUT2D eigenvalue weighted by molar-refractivity contribution is 7.91. The second kappa shape index (κ2) is 10.1. The van der Waals surface area contributed by atoms with Crippen LogP contribution < -0.4 is 24.3 Å². The minimum atomic E-state index is -3.94. The molecular weight excluding hydrogens is 468 g/mol. The molecular formula is C26H26N2O6S. The van der Waals surface area contributed by atoms with Gasteiger partial charge in [0.1, 0.15) is 16.4 Å². The van der Waals surface area contributed by atoms with Gasteiger partial charge in [0.25, 0.3) is 0 Å². The molecule has 0 saturated carbocycles. The van der Waals surface area contributed by atoms with Gasteiger partial charge in [-0.05, 0) is 61.5 Å². The number of ether oxygens (including phenoxy) is 4. The first-order chi connectivity index (χ1) is 16.9. The quantitative estimate of drug-likeness (QED) is 0.338. The fourth-order valence-corrected chi connectivity index (χ4v) is 5.03. The van der Waals surface area contributed by atoms with Crippen LogP contribution in [0.4, 0.5) is 11.4 Å². The number of benzene rings is 3. The maximum atomic E-state index is 13.7. The summed E-state index contributed by atoms with van der Waals surface area (Å²) in [5.41, 5.74) is 1.60. The van der Waals surface area contributed by atoms with E-state index >= 15 is 0 Å². The van der Waals surface area contributed by atoms with Gasteiger partial charge >= 0.3 is 0 Å². The van der Waals surface area contributed by atoms with Crippen molar-refractivity contribution < 1.29 is 27.4 Å². The summed E-state index contributed by atoms with van der Waals surface area (Å²) < 4.78 is 49.0. The van der Waals surface area contributed by atoms with Gasteiger partial charge in [0, 0.05) is 23.3 Å². The van der Waals surface area contributed by atoms with E-state index in [4.69, 9.17) is 18.9 Å². The summed E-state index contributed by atoms with van der Waals surface area (Å²) in [4.78, 5) is 4.58. The molecule has 9 heteroatoms. The number of anilines is 2. The third-order valence-electron chi connectivity index (χ3n) is 5.43.